The molecule has 3 rings (SSSR count). The van der Waals surface area contributed by atoms with Crippen molar-refractivity contribution in [2.24, 2.45) is 5.73 Å². The summed E-state index contributed by atoms with van der Waals surface area (Å²) in [5, 5.41) is 0. The lowest BCUT2D eigenvalue weighted by Crippen LogP contribution is -2.65. The van der Waals surface area contributed by atoms with Gasteiger partial charge in [0.2, 0.25) is 10.0 Å². The van der Waals surface area contributed by atoms with E-state index < -0.39 is 10.0 Å². The molecule has 2 atom stereocenters. The fourth-order valence-electron chi connectivity index (χ4n) is 4.59. The zero-order chi connectivity index (χ0) is 15.3. The van der Waals surface area contributed by atoms with Crippen LogP contribution in [0, 0.1) is 0 Å². The number of hydrogen-bond donors (Lipinski definition) is 1. The summed E-state index contributed by atoms with van der Waals surface area (Å²) < 4.78 is 24.9. The Morgan fingerprint density at radius 2 is 1.62 bits per heavy atom. The van der Waals surface area contributed by atoms with Crippen molar-refractivity contribution in [2.75, 3.05) is 46.0 Å². The third-order valence-corrected chi connectivity index (χ3v) is 7.28. The van der Waals surface area contributed by atoms with Crippen LogP contribution in [-0.2, 0) is 10.0 Å². The van der Waals surface area contributed by atoms with E-state index in [1.165, 1.54) is 19.1 Å². The SMILES string of the molecule is CN1C2CCC1CC(CN)(N1CCN(S(C)(=O)=O)CC1)C2. The highest BCUT2D eigenvalue weighted by atomic mass is 32.2. The Morgan fingerprint density at radius 1 is 1.10 bits per heavy atom. The van der Waals surface area contributed by atoms with Crippen molar-refractivity contribution in [1.29, 1.82) is 0 Å². The number of sulfonamides is 1. The number of hydrogen-bond acceptors (Lipinski definition) is 5. The third kappa shape index (κ3) is 2.74. The molecular weight excluding hydrogens is 288 g/mol. The average Bonchev–Trinajstić information content (AvgIpc) is 2.69. The van der Waals surface area contributed by atoms with Gasteiger partial charge < -0.3 is 10.6 Å². The Labute approximate surface area is 128 Å². The molecule has 21 heavy (non-hydrogen) atoms. The predicted octanol–water partition coefficient (Wildman–Crippen LogP) is -0.482. The van der Waals surface area contributed by atoms with Crippen molar-refractivity contribution in [3.63, 3.8) is 0 Å². The standard InChI is InChI=1S/C14H28N4O2S/c1-16-12-3-4-13(16)10-14(9-12,11-15)17-5-7-18(8-6-17)21(2,19)20/h12-13H,3-11,15H2,1-2H3. The second-order valence-corrected chi connectivity index (χ2v) is 9.02. The molecule has 6 nitrogen and oxygen atoms in total. The van der Waals surface area contributed by atoms with E-state index in [4.69, 9.17) is 5.73 Å². The quantitative estimate of drug-likeness (QED) is 0.761. The molecule has 0 aliphatic carbocycles. The number of nitrogens with zero attached hydrogens (tertiary/aromatic N) is 3. The lowest BCUT2D eigenvalue weighted by molar-refractivity contribution is -0.0142. The van der Waals surface area contributed by atoms with E-state index in [-0.39, 0.29) is 5.54 Å². The minimum atomic E-state index is -3.06. The van der Waals surface area contributed by atoms with Gasteiger partial charge in [-0.25, -0.2) is 8.42 Å². The Kier molecular flexibility index (Phi) is 4.07. The molecule has 3 aliphatic heterocycles. The van der Waals surface area contributed by atoms with Crippen molar-refractivity contribution < 1.29 is 8.42 Å². The summed E-state index contributed by atoms with van der Waals surface area (Å²) in [6.45, 7) is 3.52. The van der Waals surface area contributed by atoms with Gasteiger partial charge in [0.1, 0.15) is 0 Å². The maximum absolute atomic E-state index is 11.7. The molecule has 0 amide bonds. The van der Waals surface area contributed by atoms with Gasteiger partial charge in [0.15, 0.2) is 0 Å². The topological polar surface area (TPSA) is 69.9 Å². The van der Waals surface area contributed by atoms with Crippen LogP contribution in [0.3, 0.4) is 0 Å². The van der Waals surface area contributed by atoms with E-state index in [1.807, 2.05) is 0 Å². The summed E-state index contributed by atoms with van der Waals surface area (Å²) in [5.74, 6) is 0. The van der Waals surface area contributed by atoms with Crippen LogP contribution in [-0.4, -0.2) is 86.2 Å². The van der Waals surface area contributed by atoms with E-state index >= 15 is 0 Å². The molecule has 0 aromatic rings. The highest BCUT2D eigenvalue weighted by Gasteiger charge is 2.49. The summed E-state index contributed by atoms with van der Waals surface area (Å²) >= 11 is 0. The average molecular weight is 316 g/mol. The molecule has 0 spiro atoms. The van der Waals surface area contributed by atoms with Crippen molar-refractivity contribution in [1.82, 2.24) is 14.1 Å². The molecule has 0 aromatic heterocycles. The number of rotatable bonds is 3. The molecule has 0 saturated carbocycles. The Bertz CT molecular complexity index is 473. The van der Waals surface area contributed by atoms with Gasteiger partial charge in [0, 0.05) is 50.3 Å². The van der Waals surface area contributed by atoms with Crippen LogP contribution in [0.25, 0.3) is 0 Å². The minimum Gasteiger partial charge on any atom is -0.329 e. The minimum absolute atomic E-state index is 0.0853. The number of nitrogens with two attached hydrogens (primary N) is 1. The van der Waals surface area contributed by atoms with E-state index in [1.54, 1.807) is 4.31 Å². The monoisotopic (exact) mass is 316 g/mol. The first-order valence-electron chi connectivity index (χ1n) is 7.98. The maximum Gasteiger partial charge on any atom is 0.211 e. The normalized spacial score (nSPS) is 39.8. The van der Waals surface area contributed by atoms with E-state index in [0.29, 0.717) is 31.7 Å². The first-order valence-corrected chi connectivity index (χ1v) is 9.83. The molecule has 3 saturated heterocycles. The van der Waals surface area contributed by atoms with Crippen molar-refractivity contribution in [2.45, 2.75) is 43.3 Å². The molecule has 122 valence electrons. The van der Waals surface area contributed by atoms with Crippen LogP contribution < -0.4 is 5.73 Å². The molecule has 3 fully saturated rings. The van der Waals surface area contributed by atoms with Crippen LogP contribution >= 0.6 is 0 Å². The van der Waals surface area contributed by atoms with Crippen molar-refractivity contribution >= 4 is 10.0 Å². The first kappa shape index (κ1) is 15.7. The van der Waals surface area contributed by atoms with Crippen LogP contribution in [0.4, 0.5) is 0 Å². The van der Waals surface area contributed by atoms with Gasteiger partial charge in [-0.15, -0.1) is 0 Å². The summed E-state index contributed by atoms with van der Waals surface area (Å²) in [4.78, 5) is 5.01. The summed E-state index contributed by atoms with van der Waals surface area (Å²) in [6.07, 6.45) is 6.14. The second kappa shape index (κ2) is 5.45. The molecule has 3 aliphatic rings. The number of piperidine rings is 1. The zero-order valence-corrected chi connectivity index (χ0v) is 14.0. The van der Waals surface area contributed by atoms with Gasteiger partial charge >= 0.3 is 0 Å². The summed E-state index contributed by atoms with van der Waals surface area (Å²) in [7, 11) is -0.817. The smallest absolute Gasteiger partial charge is 0.211 e. The maximum atomic E-state index is 11.7. The molecule has 2 unspecified atom stereocenters. The fraction of sp³-hybridized carbons (Fsp3) is 1.00. The van der Waals surface area contributed by atoms with Gasteiger partial charge in [-0.05, 0) is 32.7 Å². The highest BCUT2D eigenvalue weighted by molar-refractivity contribution is 7.88. The van der Waals surface area contributed by atoms with Gasteiger partial charge in [0.05, 0.1) is 6.26 Å². The lowest BCUT2D eigenvalue weighted by Gasteiger charge is -2.53. The second-order valence-electron chi connectivity index (χ2n) is 7.04. The number of fused-ring (bicyclic) bond motifs is 2. The molecule has 2 bridgehead atoms. The Hall–Kier alpha value is -0.210. The van der Waals surface area contributed by atoms with E-state index in [2.05, 4.69) is 16.8 Å². The van der Waals surface area contributed by atoms with E-state index in [0.717, 1.165) is 25.9 Å². The van der Waals surface area contributed by atoms with Crippen LogP contribution in [0.15, 0.2) is 0 Å². The zero-order valence-electron chi connectivity index (χ0n) is 13.2. The molecule has 2 N–H and O–H groups in total. The summed E-state index contributed by atoms with van der Waals surface area (Å²) in [6, 6.07) is 1.31. The molecule has 0 aromatic carbocycles. The highest BCUT2D eigenvalue weighted by Crippen LogP contribution is 2.42. The molecular formula is C14H28N4O2S. The molecule has 3 heterocycles. The van der Waals surface area contributed by atoms with E-state index in [9.17, 15) is 8.42 Å². The summed E-state index contributed by atoms with van der Waals surface area (Å²) in [5.41, 5.74) is 6.28. The van der Waals surface area contributed by atoms with Crippen LogP contribution in [0.1, 0.15) is 25.7 Å². The lowest BCUT2D eigenvalue weighted by atomic mass is 9.81. The van der Waals surface area contributed by atoms with Gasteiger partial charge in [-0.1, -0.05) is 0 Å². The largest absolute Gasteiger partial charge is 0.329 e. The van der Waals surface area contributed by atoms with Crippen molar-refractivity contribution in [3.05, 3.63) is 0 Å². The fourth-order valence-corrected chi connectivity index (χ4v) is 5.42. The first-order chi connectivity index (χ1) is 9.86. The number of piperazine rings is 1. The van der Waals surface area contributed by atoms with Crippen molar-refractivity contribution in [3.8, 4) is 0 Å². The van der Waals surface area contributed by atoms with Crippen LogP contribution in [0.5, 0.6) is 0 Å². The molecule has 0 radical (unpaired) electrons. The van der Waals surface area contributed by atoms with Gasteiger partial charge in [-0.3, -0.25) is 4.90 Å². The van der Waals surface area contributed by atoms with Crippen LogP contribution in [0.2, 0.25) is 0 Å². The third-order valence-electron chi connectivity index (χ3n) is 5.97. The Morgan fingerprint density at radius 3 is 2.05 bits per heavy atom. The van der Waals surface area contributed by atoms with Gasteiger partial charge in [-0.2, -0.15) is 4.31 Å². The Balaban J connectivity index is 1.71. The van der Waals surface area contributed by atoms with Gasteiger partial charge in [0.25, 0.3) is 0 Å². The predicted molar refractivity (Wildman–Crippen MR) is 83.6 cm³/mol. The molecule has 7 heteroatoms.